The van der Waals surface area contributed by atoms with Gasteiger partial charge in [0.25, 0.3) is 0 Å². The summed E-state index contributed by atoms with van der Waals surface area (Å²) in [4.78, 5) is 15.9. The van der Waals surface area contributed by atoms with Crippen LogP contribution in [0.25, 0.3) is 32.9 Å². The minimum Gasteiger partial charge on any atom is -0.513 e. The molecule has 8 nitrogen and oxygen atoms in total. The first kappa shape index (κ1) is 27.1. The number of phenolic OH excluding ortho intramolecular Hbond substituents is 1. The number of benzene rings is 2. The van der Waals surface area contributed by atoms with Gasteiger partial charge in [0, 0.05) is 24.7 Å². The molecular weight excluding hydrogens is 528 g/mol. The Morgan fingerprint density at radius 3 is 2.68 bits per heavy atom. The second kappa shape index (κ2) is 10.7. The SMILES string of the molecule is C=C(O)CCNc1nc(OCC23CCCN2CCC3)nc2c(F)c(-c3cc(O)cc4ccc(F)c(CC)c34)ncc12. The summed E-state index contributed by atoms with van der Waals surface area (Å²) < 4.78 is 37.4. The van der Waals surface area contributed by atoms with Crippen molar-refractivity contribution in [2.45, 2.75) is 51.0 Å². The third kappa shape index (κ3) is 4.90. The number of pyridine rings is 1. The van der Waals surface area contributed by atoms with Crippen molar-refractivity contribution < 1.29 is 23.7 Å². The van der Waals surface area contributed by atoms with Gasteiger partial charge in [-0.3, -0.25) is 9.88 Å². The number of hydrogen-bond acceptors (Lipinski definition) is 8. The molecule has 6 rings (SSSR count). The zero-order chi connectivity index (χ0) is 28.7. The Morgan fingerprint density at radius 2 is 1.95 bits per heavy atom. The number of ether oxygens (including phenoxy) is 1. The van der Waals surface area contributed by atoms with Crippen LogP contribution in [-0.4, -0.2) is 61.8 Å². The van der Waals surface area contributed by atoms with Gasteiger partial charge >= 0.3 is 6.01 Å². The Kier molecular flexibility index (Phi) is 7.11. The zero-order valence-corrected chi connectivity index (χ0v) is 23.0. The van der Waals surface area contributed by atoms with E-state index in [0.717, 1.165) is 38.8 Å². The van der Waals surface area contributed by atoms with Crippen molar-refractivity contribution in [3.05, 3.63) is 60.0 Å². The maximum atomic E-state index is 16.4. The molecule has 214 valence electrons. The van der Waals surface area contributed by atoms with Crippen LogP contribution in [0.2, 0.25) is 0 Å². The summed E-state index contributed by atoms with van der Waals surface area (Å²) in [6.07, 6.45) is 6.40. The Morgan fingerprint density at radius 1 is 1.17 bits per heavy atom. The van der Waals surface area contributed by atoms with Crippen molar-refractivity contribution in [3.8, 4) is 23.0 Å². The highest BCUT2D eigenvalue weighted by molar-refractivity contribution is 6.01. The van der Waals surface area contributed by atoms with Gasteiger partial charge in [0.1, 0.15) is 35.2 Å². The number of aromatic nitrogens is 3. The highest BCUT2D eigenvalue weighted by atomic mass is 19.1. The summed E-state index contributed by atoms with van der Waals surface area (Å²) in [6, 6.07) is 5.87. The van der Waals surface area contributed by atoms with E-state index in [9.17, 15) is 14.6 Å². The summed E-state index contributed by atoms with van der Waals surface area (Å²) in [5.74, 6) is -0.898. The van der Waals surface area contributed by atoms with Gasteiger partial charge in [-0.15, -0.1) is 0 Å². The lowest BCUT2D eigenvalue weighted by Crippen LogP contribution is -2.43. The molecule has 2 aliphatic heterocycles. The molecule has 0 aliphatic carbocycles. The van der Waals surface area contributed by atoms with E-state index in [1.807, 2.05) is 6.92 Å². The number of fused-ring (bicyclic) bond motifs is 3. The summed E-state index contributed by atoms with van der Waals surface area (Å²) in [6.45, 7) is 8.13. The van der Waals surface area contributed by atoms with E-state index >= 15 is 4.39 Å². The lowest BCUT2D eigenvalue weighted by molar-refractivity contribution is 0.108. The maximum absolute atomic E-state index is 16.4. The van der Waals surface area contributed by atoms with Gasteiger partial charge in [0.15, 0.2) is 5.82 Å². The molecule has 2 aromatic heterocycles. The van der Waals surface area contributed by atoms with E-state index in [1.54, 1.807) is 6.07 Å². The lowest BCUT2D eigenvalue weighted by atomic mass is 9.94. The summed E-state index contributed by atoms with van der Waals surface area (Å²) in [7, 11) is 0. The number of aryl methyl sites for hydroxylation is 1. The Labute approximate surface area is 236 Å². The number of aliphatic hydroxyl groups excluding tert-OH is 1. The van der Waals surface area contributed by atoms with Crippen LogP contribution in [0, 0.1) is 11.6 Å². The number of nitrogens with zero attached hydrogens (tertiary/aromatic N) is 4. The molecular formula is C31H33F2N5O3. The molecule has 2 saturated heterocycles. The average molecular weight is 562 g/mol. The van der Waals surface area contributed by atoms with Crippen LogP contribution in [0.4, 0.5) is 14.6 Å². The van der Waals surface area contributed by atoms with E-state index in [0.29, 0.717) is 47.1 Å². The molecule has 0 amide bonds. The largest absolute Gasteiger partial charge is 0.513 e. The molecule has 0 bridgehead atoms. The molecule has 3 N–H and O–H groups in total. The predicted octanol–water partition coefficient (Wildman–Crippen LogP) is 6.27. The normalized spacial score (nSPS) is 16.4. The number of phenols is 1. The van der Waals surface area contributed by atoms with E-state index in [1.165, 1.54) is 24.4 Å². The van der Waals surface area contributed by atoms with Crippen molar-refractivity contribution in [1.82, 2.24) is 19.9 Å². The molecule has 0 spiro atoms. The first-order valence-electron chi connectivity index (χ1n) is 14.1. The van der Waals surface area contributed by atoms with Gasteiger partial charge in [-0.05, 0) is 79.7 Å². The molecule has 0 atom stereocenters. The molecule has 4 aromatic rings. The highest BCUT2D eigenvalue weighted by Gasteiger charge is 2.45. The van der Waals surface area contributed by atoms with Crippen LogP contribution in [0.5, 0.6) is 11.8 Å². The molecule has 4 heterocycles. The van der Waals surface area contributed by atoms with Crippen LogP contribution >= 0.6 is 0 Å². The quantitative estimate of drug-likeness (QED) is 0.206. The van der Waals surface area contributed by atoms with Crippen LogP contribution in [0.15, 0.2) is 42.8 Å². The predicted molar refractivity (Wildman–Crippen MR) is 154 cm³/mol. The maximum Gasteiger partial charge on any atom is 0.319 e. The standard InChI is InChI=1S/C31H33F2N5O3/c1-3-21-24(32)7-6-19-14-20(40)15-22(25(19)21)27-26(33)28-23(16-35-27)29(34-11-8-18(2)39)37-30(36-28)41-17-31-9-4-12-38(31)13-5-10-31/h6-7,14-16,39-40H,2-5,8-13,17H2,1H3,(H,34,36,37). The van der Waals surface area contributed by atoms with Crippen molar-refractivity contribution in [2.24, 2.45) is 0 Å². The van der Waals surface area contributed by atoms with Crippen LogP contribution in [-0.2, 0) is 6.42 Å². The Hall–Kier alpha value is -4.05. The third-order valence-electron chi connectivity index (χ3n) is 8.41. The molecule has 2 fully saturated rings. The third-order valence-corrected chi connectivity index (χ3v) is 8.41. The molecule has 10 heteroatoms. The second-order valence-corrected chi connectivity index (χ2v) is 11.0. The fourth-order valence-corrected chi connectivity index (χ4v) is 6.44. The summed E-state index contributed by atoms with van der Waals surface area (Å²) >= 11 is 0. The van der Waals surface area contributed by atoms with Crippen LogP contribution in [0.1, 0.15) is 44.6 Å². The minimum absolute atomic E-state index is 0.00955. The molecule has 0 unspecified atom stereocenters. The molecule has 0 radical (unpaired) electrons. The van der Waals surface area contributed by atoms with E-state index in [-0.39, 0.29) is 46.3 Å². The zero-order valence-electron chi connectivity index (χ0n) is 23.0. The smallest absolute Gasteiger partial charge is 0.319 e. The molecule has 2 aromatic carbocycles. The highest BCUT2D eigenvalue weighted by Crippen LogP contribution is 2.40. The van der Waals surface area contributed by atoms with Gasteiger partial charge in [0.05, 0.1) is 16.7 Å². The summed E-state index contributed by atoms with van der Waals surface area (Å²) in [5.41, 5.74) is 0.560. The first-order chi connectivity index (χ1) is 19.8. The fourth-order valence-electron chi connectivity index (χ4n) is 6.44. The van der Waals surface area contributed by atoms with Crippen molar-refractivity contribution >= 4 is 27.5 Å². The Balaban J connectivity index is 1.47. The lowest BCUT2D eigenvalue weighted by Gasteiger charge is -2.31. The topological polar surface area (TPSA) is 104 Å². The van der Waals surface area contributed by atoms with E-state index in [4.69, 9.17) is 4.74 Å². The number of hydrogen-bond donors (Lipinski definition) is 3. The number of nitrogens with one attached hydrogen (secondary N) is 1. The van der Waals surface area contributed by atoms with Gasteiger partial charge < -0.3 is 20.3 Å². The second-order valence-electron chi connectivity index (χ2n) is 11.0. The van der Waals surface area contributed by atoms with E-state index < -0.39 is 11.6 Å². The molecule has 2 aliphatic rings. The number of aromatic hydroxyl groups is 1. The summed E-state index contributed by atoms with van der Waals surface area (Å²) in [5, 5.41) is 24.5. The molecule has 41 heavy (non-hydrogen) atoms. The number of rotatable bonds is 9. The monoisotopic (exact) mass is 561 g/mol. The Bertz CT molecular complexity index is 1650. The van der Waals surface area contributed by atoms with Gasteiger partial charge in [-0.25, -0.2) is 8.78 Å². The molecule has 0 saturated carbocycles. The van der Waals surface area contributed by atoms with Crippen molar-refractivity contribution in [1.29, 1.82) is 0 Å². The fraction of sp³-hybridized carbons (Fsp3) is 0.387. The van der Waals surface area contributed by atoms with Crippen LogP contribution in [0.3, 0.4) is 0 Å². The number of halogens is 2. The number of aliphatic hydroxyl groups is 1. The van der Waals surface area contributed by atoms with Crippen LogP contribution < -0.4 is 10.1 Å². The number of anilines is 1. The van der Waals surface area contributed by atoms with E-state index in [2.05, 4.69) is 31.7 Å². The van der Waals surface area contributed by atoms with Crippen molar-refractivity contribution in [2.75, 3.05) is 31.6 Å². The van der Waals surface area contributed by atoms with Gasteiger partial charge in [-0.2, -0.15) is 9.97 Å². The first-order valence-corrected chi connectivity index (χ1v) is 14.1. The van der Waals surface area contributed by atoms with Crippen molar-refractivity contribution in [3.63, 3.8) is 0 Å². The average Bonchev–Trinajstić information content (AvgIpc) is 3.53. The minimum atomic E-state index is -0.732. The van der Waals surface area contributed by atoms with Gasteiger partial charge in [0.2, 0.25) is 0 Å². The van der Waals surface area contributed by atoms with Gasteiger partial charge in [-0.1, -0.05) is 19.6 Å².